The van der Waals surface area contributed by atoms with Crippen molar-refractivity contribution in [3.63, 3.8) is 0 Å². The molecule has 1 rings (SSSR count). The van der Waals surface area contributed by atoms with Gasteiger partial charge in [-0.1, -0.05) is 6.07 Å². The van der Waals surface area contributed by atoms with Crippen molar-refractivity contribution < 1.29 is 17.1 Å². The molecule has 1 aromatic heterocycles. The fourth-order valence-electron chi connectivity index (χ4n) is 0.313. The minimum atomic E-state index is 0. The molecule has 0 saturated carbocycles. The quantitative estimate of drug-likeness (QED) is 0.575. The molecule has 4 heteroatoms. The first-order chi connectivity index (χ1) is 3.00. The monoisotopic (exact) mass is 169 g/mol. The number of hydrogen-bond acceptors (Lipinski definition) is 3. The van der Waals surface area contributed by atoms with Crippen molar-refractivity contribution >= 4 is 0 Å². The van der Waals surface area contributed by atoms with E-state index in [0.29, 0.717) is 0 Å². The van der Waals surface area contributed by atoms with E-state index in [0.717, 1.165) is 0 Å². The first-order valence-corrected chi connectivity index (χ1v) is 1.85. The second-order valence-electron chi connectivity index (χ2n) is 1.02. The SMILES string of the molecule is N.N.[Fe].c1ccncc1. The van der Waals surface area contributed by atoms with Crippen LogP contribution in [0.3, 0.4) is 0 Å². The molecule has 0 aliphatic rings. The molecule has 0 unspecified atom stereocenters. The minimum Gasteiger partial charge on any atom is -0.344 e. The van der Waals surface area contributed by atoms with E-state index in [-0.39, 0.29) is 29.4 Å². The molecule has 0 saturated heterocycles. The summed E-state index contributed by atoms with van der Waals surface area (Å²) in [6, 6.07) is 5.72. The van der Waals surface area contributed by atoms with Crippen molar-refractivity contribution in [3.8, 4) is 0 Å². The number of nitrogens with zero attached hydrogens (tertiary/aromatic N) is 1. The largest absolute Gasteiger partial charge is 0.344 e. The molecule has 6 N–H and O–H groups in total. The van der Waals surface area contributed by atoms with Gasteiger partial charge in [-0.2, -0.15) is 0 Å². The van der Waals surface area contributed by atoms with E-state index in [9.17, 15) is 0 Å². The van der Waals surface area contributed by atoms with E-state index >= 15 is 0 Å². The summed E-state index contributed by atoms with van der Waals surface area (Å²) in [4.78, 5) is 3.78. The van der Waals surface area contributed by atoms with Gasteiger partial charge in [-0.25, -0.2) is 0 Å². The molecule has 0 aliphatic carbocycles. The van der Waals surface area contributed by atoms with Crippen LogP contribution in [-0.4, -0.2) is 4.98 Å². The van der Waals surface area contributed by atoms with Crippen molar-refractivity contribution in [1.29, 1.82) is 0 Å². The zero-order chi connectivity index (χ0) is 4.24. The van der Waals surface area contributed by atoms with Crippen molar-refractivity contribution in [2.75, 3.05) is 0 Å². The van der Waals surface area contributed by atoms with Gasteiger partial charge < -0.3 is 12.3 Å². The normalized spacial score (nSPS) is 5.33. The van der Waals surface area contributed by atoms with Crippen LogP contribution in [0.25, 0.3) is 0 Å². The fraction of sp³-hybridized carbons (Fsp3) is 0. The number of pyridine rings is 1. The van der Waals surface area contributed by atoms with E-state index in [4.69, 9.17) is 0 Å². The Bertz CT molecular complexity index is 84.1. The van der Waals surface area contributed by atoms with Gasteiger partial charge in [0.2, 0.25) is 0 Å². The first kappa shape index (κ1) is 15.8. The molecule has 3 nitrogen and oxygen atoms in total. The van der Waals surface area contributed by atoms with Gasteiger partial charge in [0.05, 0.1) is 0 Å². The van der Waals surface area contributed by atoms with Gasteiger partial charge in [0.1, 0.15) is 0 Å². The molecule has 1 heterocycles. The molecule has 0 amide bonds. The van der Waals surface area contributed by atoms with E-state index in [2.05, 4.69) is 4.98 Å². The van der Waals surface area contributed by atoms with Gasteiger partial charge >= 0.3 is 0 Å². The molecule has 0 bridgehead atoms. The van der Waals surface area contributed by atoms with Gasteiger partial charge in [-0.3, -0.25) is 4.98 Å². The van der Waals surface area contributed by atoms with E-state index in [1.807, 2.05) is 18.2 Å². The summed E-state index contributed by atoms with van der Waals surface area (Å²) in [5.41, 5.74) is 0. The number of hydrogen-bond donors (Lipinski definition) is 2. The summed E-state index contributed by atoms with van der Waals surface area (Å²) in [5, 5.41) is 0. The molecule has 0 aliphatic heterocycles. The zero-order valence-corrected chi connectivity index (χ0v) is 6.21. The summed E-state index contributed by atoms with van der Waals surface area (Å²) in [6.45, 7) is 0. The van der Waals surface area contributed by atoms with E-state index in [1.165, 1.54) is 0 Å². The number of aromatic nitrogens is 1. The second-order valence-corrected chi connectivity index (χ2v) is 1.02. The Labute approximate surface area is 65.5 Å². The average molecular weight is 169 g/mol. The van der Waals surface area contributed by atoms with Crippen LogP contribution in [0.2, 0.25) is 0 Å². The average Bonchev–Trinajstić information content (AvgIpc) is 1.72. The first-order valence-electron chi connectivity index (χ1n) is 1.85. The van der Waals surface area contributed by atoms with Gasteiger partial charge in [0.25, 0.3) is 0 Å². The summed E-state index contributed by atoms with van der Waals surface area (Å²) >= 11 is 0. The summed E-state index contributed by atoms with van der Waals surface area (Å²) in [5.74, 6) is 0. The summed E-state index contributed by atoms with van der Waals surface area (Å²) in [7, 11) is 0. The van der Waals surface area contributed by atoms with Gasteiger partial charge in [0, 0.05) is 29.5 Å². The molecule has 9 heavy (non-hydrogen) atoms. The fourth-order valence-corrected chi connectivity index (χ4v) is 0.313. The molecular weight excluding hydrogens is 158 g/mol. The molecule has 0 fully saturated rings. The Morgan fingerprint density at radius 3 is 1.33 bits per heavy atom. The second kappa shape index (κ2) is 10.5. The Kier molecular flexibility index (Phi) is 18.6. The Hall–Kier alpha value is -0.411. The third-order valence-electron chi connectivity index (χ3n) is 0.566. The van der Waals surface area contributed by atoms with E-state index < -0.39 is 0 Å². The van der Waals surface area contributed by atoms with Crippen molar-refractivity contribution in [2.45, 2.75) is 0 Å². The third-order valence-corrected chi connectivity index (χ3v) is 0.566. The van der Waals surface area contributed by atoms with Gasteiger partial charge in [0.15, 0.2) is 0 Å². The third kappa shape index (κ3) is 7.59. The molecule has 0 radical (unpaired) electrons. The summed E-state index contributed by atoms with van der Waals surface area (Å²) < 4.78 is 0. The molecule has 54 valence electrons. The smallest absolute Gasteiger partial charge is 0.0267 e. The van der Waals surface area contributed by atoms with Crippen LogP contribution in [0.4, 0.5) is 0 Å². The van der Waals surface area contributed by atoms with Crippen LogP contribution in [0, 0.1) is 0 Å². The maximum absolute atomic E-state index is 3.78. The van der Waals surface area contributed by atoms with Gasteiger partial charge in [-0.05, 0) is 12.1 Å². The number of rotatable bonds is 0. The standard InChI is InChI=1S/C5H5N.Fe.2H3N/c1-2-4-6-5-3-1;;;/h1-5H;;2*1H3. The predicted molar refractivity (Wildman–Crippen MR) is 34.3 cm³/mol. The Morgan fingerprint density at radius 1 is 0.778 bits per heavy atom. The van der Waals surface area contributed by atoms with Gasteiger partial charge in [-0.15, -0.1) is 0 Å². The molecule has 0 aromatic carbocycles. The van der Waals surface area contributed by atoms with Crippen LogP contribution in [0.1, 0.15) is 0 Å². The van der Waals surface area contributed by atoms with E-state index in [1.54, 1.807) is 12.4 Å². The molecule has 0 spiro atoms. The maximum atomic E-state index is 3.78. The van der Waals surface area contributed by atoms with Crippen molar-refractivity contribution in [2.24, 2.45) is 0 Å². The minimum absolute atomic E-state index is 0. The van der Waals surface area contributed by atoms with Crippen molar-refractivity contribution in [1.82, 2.24) is 17.3 Å². The topological polar surface area (TPSA) is 82.9 Å². The molecule has 1 aromatic rings. The van der Waals surface area contributed by atoms with Crippen LogP contribution < -0.4 is 12.3 Å². The van der Waals surface area contributed by atoms with Crippen LogP contribution in [0.5, 0.6) is 0 Å². The predicted octanol–water partition coefficient (Wildman–Crippen LogP) is 1.40. The molecule has 0 atom stereocenters. The maximum Gasteiger partial charge on any atom is 0.0267 e. The van der Waals surface area contributed by atoms with Crippen molar-refractivity contribution in [3.05, 3.63) is 30.6 Å². The summed E-state index contributed by atoms with van der Waals surface area (Å²) in [6.07, 6.45) is 3.50. The Morgan fingerprint density at radius 2 is 1.22 bits per heavy atom. The Balaban J connectivity index is -0.000000120. The zero-order valence-electron chi connectivity index (χ0n) is 5.10. The van der Waals surface area contributed by atoms with Crippen LogP contribution >= 0.6 is 0 Å². The van der Waals surface area contributed by atoms with Crippen LogP contribution in [-0.2, 0) is 17.1 Å². The van der Waals surface area contributed by atoms with Crippen LogP contribution in [0.15, 0.2) is 30.6 Å². The molecular formula is C5H11FeN3.